The fraction of sp³-hybridized carbons (Fsp3) is 0.350. The van der Waals surface area contributed by atoms with E-state index < -0.39 is 0 Å². The average Bonchev–Trinajstić information content (AvgIpc) is 2.64. The molecule has 0 aromatic heterocycles. The Hall–Kier alpha value is -2.13. The summed E-state index contributed by atoms with van der Waals surface area (Å²) in [5.41, 5.74) is 2.63. The van der Waals surface area contributed by atoms with E-state index in [-0.39, 0.29) is 11.9 Å². The lowest BCUT2D eigenvalue weighted by Crippen LogP contribution is -2.49. The molecule has 3 heteroatoms. The van der Waals surface area contributed by atoms with E-state index in [0.29, 0.717) is 6.42 Å². The molecule has 2 aromatic rings. The number of hydrogen-bond acceptors (Lipinski definition) is 2. The van der Waals surface area contributed by atoms with E-state index in [1.165, 1.54) is 11.1 Å². The Morgan fingerprint density at radius 3 is 1.78 bits per heavy atom. The number of rotatable bonds is 4. The molecule has 1 aliphatic rings. The summed E-state index contributed by atoms with van der Waals surface area (Å²) in [6.45, 7) is 5.41. The van der Waals surface area contributed by atoms with Crippen LogP contribution in [0, 0.1) is 0 Å². The van der Waals surface area contributed by atoms with Gasteiger partial charge in [0.2, 0.25) is 5.91 Å². The van der Waals surface area contributed by atoms with Crippen LogP contribution in [-0.4, -0.2) is 41.9 Å². The summed E-state index contributed by atoms with van der Waals surface area (Å²) < 4.78 is 0. The van der Waals surface area contributed by atoms with Crippen LogP contribution in [0.5, 0.6) is 0 Å². The predicted octanol–water partition coefficient (Wildman–Crippen LogP) is 3.33. The van der Waals surface area contributed by atoms with Crippen LogP contribution in [0.25, 0.3) is 0 Å². The Balaban J connectivity index is 1.82. The first-order valence-electron chi connectivity index (χ1n) is 8.41. The molecular weight excluding hydrogens is 284 g/mol. The molecule has 0 atom stereocenters. The van der Waals surface area contributed by atoms with Gasteiger partial charge in [0, 0.05) is 32.6 Å². The molecule has 120 valence electrons. The highest BCUT2D eigenvalue weighted by atomic mass is 16.2. The van der Waals surface area contributed by atoms with E-state index in [1.54, 1.807) is 0 Å². The SMILES string of the molecule is CCC(=O)N1CCN(C(c2ccccc2)c2ccccc2)CC1. The Kier molecular flexibility index (Phi) is 5.09. The van der Waals surface area contributed by atoms with Gasteiger partial charge in [0.15, 0.2) is 0 Å². The molecule has 0 aliphatic carbocycles. The number of benzene rings is 2. The highest BCUT2D eigenvalue weighted by molar-refractivity contribution is 5.75. The van der Waals surface area contributed by atoms with E-state index in [1.807, 2.05) is 11.8 Å². The van der Waals surface area contributed by atoms with Crippen molar-refractivity contribution in [2.45, 2.75) is 19.4 Å². The van der Waals surface area contributed by atoms with Gasteiger partial charge in [-0.15, -0.1) is 0 Å². The summed E-state index contributed by atoms with van der Waals surface area (Å²) in [6.07, 6.45) is 0.598. The van der Waals surface area contributed by atoms with Crippen molar-refractivity contribution >= 4 is 5.91 Å². The summed E-state index contributed by atoms with van der Waals surface area (Å²) in [4.78, 5) is 16.4. The molecule has 0 bridgehead atoms. The molecule has 1 fully saturated rings. The molecular formula is C20H24N2O. The molecule has 2 aromatic carbocycles. The summed E-state index contributed by atoms with van der Waals surface area (Å²) in [5.74, 6) is 0.264. The number of carbonyl (C=O) groups is 1. The third-order valence-corrected chi connectivity index (χ3v) is 4.57. The van der Waals surface area contributed by atoms with Gasteiger partial charge in [-0.25, -0.2) is 0 Å². The number of hydrogen-bond donors (Lipinski definition) is 0. The molecule has 0 saturated carbocycles. The number of nitrogens with zero attached hydrogens (tertiary/aromatic N) is 2. The minimum absolute atomic E-state index is 0.260. The molecule has 0 unspecified atom stereocenters. The van der Waals surface area contributed by atoms with Crippen LogP contribution in [0.15, 0.2) is 60.7 Å². The summed E-state index contributed by atoms with van der Waals surface area (Å²) in [6, 6.07) is 21.6. The van der Waals surface area contributed by atoms with Crippen LogP contribution in [0.4, 0.5) is 0 Å². The zero-order chi connectivity index (χ0) is 16.1. The fourth-order valence-corrected chi connectivity index (χ4v) is 3.34. The highest BCUT2D eigenvalue weighted by Gasteiger charge is 2.27. The molecule has 3 nitrogen and oxygen atoms in total. The molecule has 1 aliphatic heterocycles. The monoisotopic (exact) mass is 308 g/mol. The first kappa shape index (κ1) is 15.8. The van der Waals surface area contributed by atoms with Gasteiger partial charge in [0.25, 0.3) is 0 Å². The minimum Gasteiger partial charge on any atom is -0.340 e. The molecule has 0 spiro atoms. The molecule has 1 saturated heterocycles. The van der Waals surface area contributed by atoms with Gasteiger partial charge in [-0.3, -0.25) is 9.69 Å². The summed E-state index contributed by atoms with van der Waals surface area (Å²) in [7, 11) is 0. The third-order valence-electron chi connectivity index (χ3n) is 4.57. The van der Waals surface area contributed by atoms with Gasteiger partial charge in [-0.05, 0) is 11.1 Å². The number of amides is 1. The first-order chi connectivity index (χ1) is 11.3. The second-order valence-electron chi connectivity index (χ2n) is 5.99. The van der Waals surface area contributed by atoms with Crippen molar-refractivity contribution in [1.82, 2.24) is 9.80 Å². The van der Waals surface area contributed by atoms with E-state index >= 15 is 0 Å². The summed E-state index contributed by atoms with van der Waals surface area (Å²) >= 11 is 0. The first-order valence-corrected chi connectivity index (χ1v) is 8.41. The van der Waals surface area contributed by atoms with Crippen LogP contribution in [0.3, 0.4) is 0 Å². The van der Waals surface area contributed by atoms with Crippen LogP contribution < -0.4 is 0 Å². The maximum atomic E-state index is 11.9. The Bertz CT molecular complexity index is 579. The maximum Gasteiger partial charge on any atom is 0.222 e. The van der Waals surface area contributed by atoms with Crippen LogP contribution >= 0.6 is 0 Å². The molecule has 1 amide bonds. The second kappa shape index (κ2) is 7.42. The lowest BCUT2D eigenvalue weighted by molar-refractivity contribution is -0.132. The fourth-order valence-electron chi connectivity index (χ4n) is 3.34. The van der Waals surface area contributed by atoms with E-state index in [2.05, 4.69) is 65.6 Å². The number of carbonyl (C=O) groups excluding carboxylic acids is 1. The lowest BCUT2D eigenvalue weighted by atomic mass is 9.96. The normalized spacial score (nSPS) is 15.8. The van der Waals surface area contributed by atoms with Crippen molar-refractivity contribution in [3.63, 3.8) is 0 Å². The van der Waals surface area contributed by atoms with Crippen molar-refractivity contribution in [2.75, 3.05) is 26.2 Å². The van der Waals surface area contributed by atoms with Crippen molar-refractivity contribution < 1.29 is 4.79 Å². The molecule has 3 rings (SSSR count). The van der Waals surface area contributed by atoms with Gasteiger partial charge in [-0.1, -0.05) is 67.6 Å². The Morgan fingerprint density at radius 2 is 1.35 bits per heavy atom. The van der Waals surface area contributed by atoms with Crippen molar-refractivity contribution in [2.24, 2.45) is 0 Å². The molecule has 23 heavy (non-hydrogen) atoms. The van der Waals surface area contributed by atoms with Crippen molar-refractivity contribution in [1.29, 1.82) is 0 Å². The largest absolute Gasteiger partial charge is 0.340 e. The predicted molar refractivity (Wildman–Crippen MR) is 93.2 cm³/mol. The number of piperazine rings is 1. The zero-order valence-corrected chi connectivity index (χ0v) is 13.7. The molecule has 1 heterocycles. The van der Waals surface area contributed by atoms with E-state index in [9.17, 15) is 4.79 Å². The standard InChI is InChI=1S/C20H24N2O/c1-2-19(23)21-13-15-22(16-14-21)20(17-9-5-3-6-10-17)18-11-7-4-8-12-18/h3-12,20H,2,13-16H2,1H3. The molecule has 0 N–H and O–H groups in total. The van der Waals surface area contributed by atoms with Crippen LogP contribution in [0.2, 0.25) is 0 Å². The zero-order valence-electron chi connectivity index (χ0n) is 13.7. The topological polar surface area (TPSA) is 23.6 Å². The highest BCUT2D eigenvalue weighted by Crippen LogP contribution is 2.29. The van der Waals surface area contributed by atoms with Gasteiger partial charge in [0.1, 0.15) is 0 Å². The third kappa shape index (κ3) is 3.62. The maximum absolute atomic E-state index is 11.9. The lowest BCUT2D eigenvalue weighted by Gasteiger charge is -2.39. The quantitative estimate of drug-likeness (QED) is 0.865. The summed E-state index contributed by atoms with van der Waals surface area (Å²) in [5, 5.41) is 0. The van der Waals surface area contributed by atoms with Crippen LogP contribution in [-0.2, 0) is 4.79 Å². The molecule has 0 radical (unpaired) electrons. The van der Waals surface area contributed by atoms with Gasteiger partial charge < -0.3 is 4.90 Å². The van der Waals surface area contributed by atoms with Gasteiger partial charge in [0.05, 0.1) is 6.04 Å². The van der Waals surface area contributed by atoms with Gasteiger partial charge >= 0.3 is 0 Å². The minimum atomic E-state index is 0.260. The van der Waals surface area contributed by atoms with Crippen molar-refractivity contribution in [3.8, 4) is 0 Å². The average molecular weight is 308 g/mol. The Morgan fingerprint density at radius 1 is 0.870 bits per heavy atom. The smallest absolute Gasteiger partial charge is 0.222 e. The van der Waals surface area contributed by atoms with E-state index in [0.717, 1.165) is 26.2 Å². The second-order valence-corrected chi connectivity index (χ2v) is 5.99. The van der Waals surface area contributed by atoms with Crippen LogP contribution in [0.1, 0.15) is 30.5 Å². The Labute approximate surface area is 138 Å². The van der Waals surface area contributed by atoms with Crippen molar-refractivity contribution in [3.05, 3.63) is 71.8 Å². The van der Waals surface area contributed by atoms with E-state index in [4.69, 9.17) is 0 Å². The van der Waals surface area contributed by atoms with Gasteiger partial charge in [-0.2, -0.15) is 0 Å².